The molecule has 0 N–H and O–H groups in total. The summed E-state index contributed by atoms with van der Waals surface area (Å²) in [6.45, 7) is 5.57. The molecule has 1 fully saturated rings. The molecule has 4 rings (SSSR count). The zero-order valence-corrected chi connectivity index (χ0v) is 15.6. The van der Waals surface area contributed by atoms with Crippen LogP contribution in [0.4, 0.5) is 0 Å². The highest BCUT2D eigenvalue weighted by molar-refractivity contribution is 5.80. The van der Waals surface area contributed by atoms with E-state index in [1.165, 1.54) is 6.33 Å². The molecule has 9 nitrogen and oxygen atoms in total. The summed E-state index contributed by atoms with van der Waals surface area (Å²) in [7, 11) is 0. The van der Waals surface area contributed by atoms with E-state index in [1.54, 1.807) is 4.68 Å². The highest BCUT2D eigenvalue weighted by atomic mass is 16.2. The van der Waals surface area contributed by atoms with Crippen molar-refractivity contribution >= 4 is 11.6 Å². The maximum Gasteiger partial charge on any atom is 0.247 e. The second-order valence-corrected chi connectivity index (χ2v) is 7.21. The van der Waals surface area contributed by atoms with E-state index >= 15 is 0 Å². The number of carbonyl (C=O) groups excluding carboxylic acids is 1. The normalized spacial score (nSPS) is 17.9. The molecule has 0 spiro atoms. The van der Waals surface area contributed by atoms with Crippen LogP contribution in [0, 0.1) is 5.92 Å². The molecule has 1 aliphatic heterocycles. The van der Waals surface area contributed by atoms with Crippen molar-refractivity contribution in [3.05, 3.63) is 36.5 Å². The first kappa shape index (κ1) is 17.6. The summed E-state index contributed by atoms with van der Waals surface area (Å²) in [6, 6.07) is 5.55. The maximum atomic E-state index is 13.2. The van der Waals surface area contributed by atoms with Crippen molar-refractivity contribution in [2.24, 2.45) is 5.92 Å². The van der Waals surface area contributed by atoms with Crippen LogP contribution in [-0.2, 0) is 4.79 Å². The Morgan fingerprint density at radius 1 is 1.26 bits per heavy atom. The molecule has 0 aliphatic carbocycles. The lowest BCUT2D eigenvalue weighted by atomic mass is 9.93. The van der Waals surface area contributed by atoms with Crippen molar-refractivity contribution in [2.75, 3.05) is 13.1 Å². The number of amides is 1. The molecule has 1 saturated heterocycles. The van der Waals surface area contributed by atoms with Crippen LogP contribution in [0.3, 0.4) is 0 Å². The van der Waals surface area contributed by atoms with Crippen LogP contribution in [0.25, 0.3) is 5.65 Å². The number of likely N-dealkylation sites (tertiary alicyclic amines) is 1. The molecule has 0 bridgehead atoms. The van der Waals surface area contributed by atoms with Gasteiger partial charge < -0.3 is 4.90 Å². The van der Waals surface area contributed by atoms with Crippen LogP contribution in [0.2, 0.25) is 0 Å². The summed E-state index contributed by atoms with van der Waals surface area (Å²) < 4.78 is 3.64. The van der Waals surface area contributed by atoms with Gasteiger partial charge in [0.25, 0.3) is 0 Å². The SMILES string of the molecule is CC[C@H](C)[C@@H](C(=O)N1CCC(c2nnc3ccccn23)CC1)n1cnnn1. The van der Waals surface area contributed by atoms with Gasteiger partial charge in [-0.2, -0.15) is 0 Å². The van der Waals surface area contributed by atoms with Crippen molar-refractivity contribution in [3.8, 4) is 0 Å². The monoisotopic (exact) mass is 368 g/mol. The predicted octanol–water partition coefficient (Wildman–Crippen LogP) is 1.71. The fourth-order valence-electron chi connectivity index (χ4n) is 3.82. The van der Waals surface area contributed by atoms with Gasteiger partial charge in [-0.1, -0.05) is 26.3 Å². The number of hydrogen-bond acceptors (Lipinski definition) is 6. The van der Waals surface area contributed by atoms with Crippen molar-refractivity contribution < 1.29 is 4.79 Å². The van der Waals surface area contributed by atoms with Gasteiger partial charge in [0, 0.05) is 25.2 Å². The Kier molecular flexibility index (Phi) is 4.83. The standard InChI is InChI=1S/C18H24N8O/c1-3-13(2)16(26-12-19-22-23-26)18(27)24-10-7-14(8-11-24)17-21-20-15-6-4-5-9-25(15)17/h4-6,9,12-14,16H,3,7-8,10-11H2,1-2H3/t13-,16-/m0/s1. The quantitative estimate of drug-likeness (QED) is 0.680. The number of hydrogen-bond donors (Lipinski definition) is 0. The molecule has 3 aromatic heterocycles. The molecule has 1 aliphatic rings. The number of fused-ring (bicyclic) bond motifs is 1. The lowest BCUT2D eigenvalue weighted by Crippen LogP contribution is -2.44. The van der Waals surface area contributed by atoms with Gasteiger partial charge in [0.15, 0.2) is 5.65 Å². The minimum Gasteiger partial charge on any atom is -0.341 e. The van der Waals surface area contributed by atoms with E-state index in [0.29, 0.717) is 19.0 Å². The third-order valence-electron chi connectivity index (χ3n) is 5.60. The Morgan fingerprint density at radius 2 is 2.07 bits per heavy atom. The van der Waals surface area contributed by atoms with E-state index in [9.17, 15) is 4.79 Å². The van der Waals surface area contributed by atoms with E-state index in [2.05, 4.69) is 39.6 Å². The smallest absolute Gasteiger partial charge is 0.247 e. The van der Waals surface area contributed by atoms with Crippen LogP contribution in [0.5, 0.6) is 0 Å². The first-order valence-corrected chi connectivity index (χ1v) is 9.50. The maximum absolute atomic E-state index is 13.2. The Hall–Kier alpha value is -2.84. The molecular formula is C18H24N8O. The van der Waals surface area contributed by atoms with Gasteiger partial charge >= 0.3 is 0 Å². The number of tetrazole rings is 1. The predicted molar refractivity (Wildman–Crippen MR) is 97.9 cm³/mol. The molecule has 2 atom stereocenters. The fourth-order valence-corrected chi connectivity index (χ4v) is 3.82. The number of piperidine rings is 1. The van der Waals surface area contributed by atoms with Gasteiger partial charge in [-0.25, -0.2) is 4.68 Å². The molecule has 3 aromatic rings. The van der Waals surface area contributed by atoms with E-state index in [0.717, 1.165) is 30.7 Å². The fraction of sp³-hybridized carbons (Fsp3) is 0.556. The summed E-state index contributed by atoms with van der Waals surface area (Å²) in [5.74, 6) is 1.55. The van der Waals surface area contributed by atoms with E-state index in [-0.39, 0.29) is 17.9 Å². The molecule has 9 heteroatoms. The van der Waals surface area contributed by atoms with Crippen molar-refractivity contribution in [1.82, 2.24) is 39.7 Å². The van der Waals surface area contributed by atoms with E-state index in [4.69, 9.17) is 0 Å². The summed E-state index contributed by atoms with van der Waals surface area (Å²) in [5.41, 5.74) is 0.863. The third-order valence-corrected chi connectivity index (χ3v) is 5.60. The first-order valence-electron chi connectivity index (χ1n) is 9.50. The average Bonchev–Trinajstić information content (AvgIpc) is 3.38. The van der Waals surface area contributed by atoms with Crippen LogP contribution >= 0.6 is 0 Å². The van der Waals surface area contributed by atoms with Crippen LogP contribution in [0.1, 0.15) is 50.9 Å². The van der Waals surface area contributed by atoms with Gasteiger partial charge in [-0.15, -0.1) is 15.3 Å². The minimum atomic E-state index is -0.351. The Bertz CT molecular complexity index is 897. The van der Waals surface area contributed by atoms with Crippen LogP contribution < -0.4 is 0 Å². The zero-order valence-electron chi connectivity index (χ0n) is 15.6. The minimum absolute atomic E-state index is 0.0983. The van der Waals surface area contributed by atoms with Crippen molar-refractivity contribution in [2.45, 2.75) is 45.1 Å². The number of nitrogens with zero attached hydrogens (tertiary/aromatic N) is 8. The molecule has 1 amide bonds. The molecule has 27 heavy (non-hydrogen) atoms. The van der Waals surface area contributed by atoms with E-state index in [1.807, 2.05) is 33.7 Å². The highest BCUT2D eigenvalue weighted by Crippen LogP contribution is 2.30. The molecular weight excluding hydrogens is 344 g/mol. The molecule has 142 valence electrons. The number of aromatic nitrogens is 7. The van der Waals surface area contributed by atoms with E-state index < -0.39 is 0 Å². The van der Waals surface area contributed by atoms with Crippen LogP contribution in [0.15, 0.2) is 30.7 Å². The van der Waals surface area contributed by atoms with Crippen molar-refractivity contribution in [1.29, 1.82) is 0 Å². The van der Waals surface area contributed by atoms with Gasteiger partial charge in [0.1, 0.15) is 18.2 Å². The summed E-state index contributed by atoms with van der Waals surface area (Å²) in [6.07, 6.45) is 6.18. The van der Waals surface area contributed by atoms with Gasteiger partial charge in [-0.3, -0.25) is 9.20 Å². The number of rotatable bonds is 5. The Morgan fingerprint density at radius 3 is 2.78 bits per heavy atom. The van der Waals surface area contributed by atoms with Gasteiger partial charge in [0.05, 0.1) is 0 Å². The third kappa shape index (κ3) is 3.29. The lowest BCUT2D eigenvalue weighted by Gasteiger charge is -2.34. The molecule has 0 unspecified atom stereocenters. The number of pyridine rings is 1. The first-order chi connectivity index (χ1) is 13.2. The largest absolute Gasteiger partial charge is 0.341 e. The topological polar surface area (TPSA) is 94.1 Å². The average molecular weight is 368 g/mol. The van der Waals surface area contributed by atoms with Crippen LogP contribution in [-0.4, -0.2) is 58.7 Å². The second-order valence-electron chi connectivity index (χ2n) is 7.21. The molecule has 0 saturated carbocycles. The summed E-state index contributed by atoms with van der Waals surface area (Å²) in [5, 5.41) is 20.0. The highest BCUT2D eigenvalue weighted by Gasteiger charge is 2.34. The molecule has 0 radical (unpaired) electrons. The summed E-state index contributed by atoms with van der Waals surface area (Å²) >= 11 is 0. The zero-order chi connectivity index (χ0) is 18.8. The molecule has 4 heterocycles. The lowest BCUT2D eigenvalue weighted by molar-refractivity contribution is -0.137. The second kappa shape index (κ2) is 7.42. The van der Waals surface area contributed by atoms with Crippen molar-refractivity contribution in [3.63, 3.8) is 0 Å². The Balaban J connectivity index is 1.47. The molecule has 0 aromatic carbocycles. The summed E-state index contributed by atoms with van der Waals surface area (Å²) in [4.78, 5) is 15.1. The number of carbonyl (C=O) groups is 1. The van der Waals surface area contributed by atoms with Gasteiger partial charge in [-0.05, 0) is 41.3 Å². The Labute approximate surface area is 157 Å². The van der Waals surface area contributed by atoms with Gasteiger partial charge in [0.2, 0.25) is 5.91 Å².